The van der Waals surface area contributed by atoms with Gasteiger partial charge in [0.25, 0.3) is 0 Å². The van der Waals surface area contributed by atoms with Gasteiger partial charge in [0.1, 0.15) is 11.8 Å². The Morgan fingerprint density at radius 1 is 0.929 bits per heavy atom. The van der Waals surface area contributed by atoms with E-state index in [4.69, 9.17) is 14.9 Å². The highest BCUT2D eigenvalue weighted by molar-refractivity contribution is 5.87. The van der Waals surface area contributed by atoms with Crippen LogP contribution in [0.5, 0.6) is 5.75 Å². The number of benzene rings is 1. The molecular weight excluding hydrogens is 362 g/mol. The summed E-state index contributed by atoms with van der Waals surface area (Å²) in [6, 6.07) is 5.60. The fraction of sp³-hybridized carbons (Fsp3) is 0.571. The molecule has 0 aliphatic carbocycles. The van der Waals surface area contributed by atoms with Crippen LogP contribution < -0.4 is 10.1 Å². The standard InChI is InChI=1S/C21H31NO6/c1-2-18(21(26)27)22-19(23)10-8-6-4-3-5-7-9-15-28-17-13-11-16(12-14-17)20(24)25/h11-14,18H,2-10,15H2,1H3,(H,22,23)(H,24,25)(H,26,27)/t18-/m0/s1. The molecule has 1 atom stereocenters. The fourth-order valence-corrected chi connectivity index (χ4v) is 2.76. The largest absolute Gasteiger partial charge is 0.494 e. The summed E-state index contributed by atoms with van der Waals surface area (Å²) >= 11 is 0. The van der Waals surface area contributed by atoms with Gasteiger partial charge in [0.2, 0.25) is 5.91 Å². The normalized spacial score (nSPS) is 11.6. The van der Waals surface area contributed by atoms with Crippen molar-refractivity contribution in [3.8, 4) is 5.75 Å². The van der Waals surface area contributed by atoms with Crippen LogP contribution >= 0.6 is 0 Å². The molecule has 0 unspecified atom stereocenters. The van der Waals surface area contributed by atoms with Gasteiger partial charge in [-0.3, -0.25) is 4.79 Å². The number of carbonyl (C=O) groups excluding carboxylic acids is 1. The number of unbranched alkanes of at least 4 members (excludes halogenated alkanes) is 6. The third-order valence-electron chi connectivity index (χ3n) is 4.46. The lowest BCUT2D eigenvalue weighted by atomic mass is 10.1. The molecule has 1 rings (SSSR count). The van der Waals surface area contributed by atoms with E-state index in [1.807, 2.05) is 0 Å². The lowest BCUT2D eigenvalue weighted by Crippen LogP contribution is -2.40. The lowest BCUT2D eigenvalue weighted by Gasteiger charge is -2.11. The average molecular weight is 393 g/mol. The maximum atomic E-state index is 11.7. The van der Waals surface area contributed by atoms with Crippen LogP contribution in [0.4, 0.5) is 0 Å². The molecule has 7 nitrogen and oxygen atoms in total. The van der Waals surface area contributed by atoms with E-state index in [1.165, 1.54) is 12.1 Å². The van der Waals surface area contributed by atoms with Gasteiger partial charge in [-0.25, -0.2) is 9.59 Å². The second kappa shape index (κ2) is 13.6. The molecule has 3 N–H and O–H groups in total. The first-order valence-electron chi connectivity index (χ1n) is 9.92. The number of ether oxygens (including phenoxy) is 1. The van der Waals surface area contributed by atoms with E-state index >= 15 is 0 Å². The highest BCUT2D eigenvalue weighted by Gasteiger charge is 2.16. The van der Waals surface area contributed by atoms with E-state index in [0.717, 1.165) is 44.9 Å². The Labute approximate surface area is 166 Å². The number of aromatic carboxylic acids is 1. The Morgan fingerprint density at radius 3 is 2.04 bits per heavy atom. The van der Waals surface area contributed by atoms with Crippen LogP contribution in [0.15, 0.2) is 24.3 Å². The first-order valence-corrected chi connectivity index (χ1v) is 9.92. The van der Waals surface area contributed by atoms with Crippen molar-refractivity contribution in [2.45, 2.75) is 70.8 Å². The monoisotopic (exact) mass is 393 g/mol. The molecule has 0 radical (unpaired) electrons. The molecule has 1 aromatic carbocycles. The molecule has 0 saturated carbocycles. The van der Waals surface area contributed by atoms with Gasteiger partial charge < -0.3 is 20.3 Å². The van der Waals surface area contributed by atoms with Crippen LogP contribution in [0.2, 0.25) is 0 Å². The van der Waals surface area contributed by atoms with Crippen molar-refractivity contribution in [3.63, 3.8) is 0 Å². The first kappa shape index (κ1) is 23.5. The summed E-state index contributed by atoms with van der Waals surface area (Å²) in [6.45, 7) is 2.34. The Kier molecular flexibility index (Phi) is 11.4. The van der Waals surface area contributed by atoms with Gasteiger partial charge in [-0.05, 0) is 43.5 Å². The van der Waals surface area contributed by atoms with Gasteiger partial charge in [-0.15, -0.1) is 0 Å². The number of rotatable bonds is 15. The molecule has 0 spiro atoms. The second-order valence-electron chi connectivity index (χ2n) is 6.77. The Balaban J connectivity index is 1.97. The first-order chi connectivity index (χ1) is 13.4. The molecule has 0 bridgehead atoms. The molecule has 0 aliphatic heterocycles. The van der Waals surface area contributed by atoms with E-state index < -0.39 is 18.0 Å². The quantitative estimate of drug-likeness (QED) is 0.390. The van der Waals surface area contributed by atoms with Crippen molar-refractivity contribution in [2.75, 3.05) is 6.61 Å². The minimum absolute atomic E-state index is 0.192. The number of amides is 1. The van der Waals surface area contributed by atoms with Crippen molar-refractivity contribution in [3.05, 3.63) is 29.8 Å². The van der Waals surface area contributed by atoms with Gasteiger partial charge >= 0.3 is 11.9 Å². The van der Waals surface area contributed by atoms with Crippen molar-refractivity contribution in [2.24, 2.45) is 0 Å². The third kappa shape index (κ3) is 9.94. The number of aliphatic carboxylic acids is 1. The topological polar surface area (TPSA) is 113 Å². The predicted octanol–water partition coefficient (Wildman–Crippen LogP) is 3.86. The van der Waals surface area contributed by atoms with Gasteiger partial charge in [-0.2, -0.15) is 0 Å². The molecule has 156 valence electrons. The molecule has 1 amide bonds. The molecular formula is C21H31NO6. The summed E-state index contributed by atoms with van der Waals surface area (Å²) in [5.41, 5.74) is 0.247. The molecule has 0 aliphatic rings. The summed E-state index contributed by atoms with van der Waals surface area (Å²) in [5, 5.41) is 20.3. The Bertz CT molecular complexity index is 614. The molecule has 7 heteroatoms. The summed E-state index contributed by atoms with van der Waals surface area (Å²) in [4.78, 5) is 33.3. The van der Waals surface area contributed by atoms with Crippen LogP contribution in [0.25, 0.3) is 0 Å². The van der Waals surface area contributed by atoms with Gasteiger partial charge in [0, 0.05) is 6.42 Å². The maximum Gasteiger partial charge on any atom is 0.335 e. The number of carboxylic acid groups (broad SMARTS) is 2. The predicted molar refractivity (Wildman–Crippen MR) is 106 cm³/mol. The minimum atomic E-state index is -0.989. The summed E-state index contributed by atoms with van der Waals surface area (Å²) < 4.78 is 5.59. The smallest absolute Gasteiger partial charge is 0.335 e. The second-order valence-corrected chi connectivity index (χ2v) is 6.77. The number of nitrogens with one attached hydrogen (secondary N) is 1. The van der Waals surface area contributed by atoms with Crippen LogP contribution in [0.1, 0.15) is 75.1 Å². The lowest BCUT2D eigenvalue weighted by molar-refractivity contribution is -0.141. The highest BCUT2D eigenvalue weighted by Crippen LogP contribution is 2.14. The van der Waals surface area contributed by atoms with Crippen LogP contribution in [-0.4, -0.2) is 40.7 Å². The van der Waals surface area contributed by atoms with Crippen molar-refractivity contribution in [1.29, 1.82) is 0 Å². The van der Waals surface area contributed by atoms with E-state index in [2.05, 4.69) is 5.32 Å². The molecule has 0 fully saturated rings. The Morgan fingerprint density at radius 2 is 1.50 bits per heavy atom. The zero-order valence-electron chi connectivity index (χ0n) is 16.5. The van der Waals surface area contributed by atoms with Gasteiger partial charge in [-0.1, -0.05) is 39.0 Å². The van der Waals surface area contributed by atoms with Crippen molar-refractivity contribution in [1.82, 2.24) is 5.32 Å². The summed E-state index contributed by atoms with van der Waals surface area (Å²) in [7, 11) is 0. The fourth-order valence-electron chi connectivity index (χ4n) is 2.76. The zero-order valence-corrected chi connectivity index (χ0v) is 16.5. The van der Waals surface area contributed by atoms with Crippen molar-refractivity contribution < 1.29 is 29.3 Å². The van der Waals surface area contributed by atoms with Gasteiger partial charge in [0.05, 0.1) is 12.2 Å². The van der Waals surface area contributed by atoms with Crippen molar-refractivity contribution >= 4 is 17.8 Å². The summed E-state index contributed by atoms with van der Waals surface area (Å²) in [6.07, 6.45) is 7.76. The molecule has 0 saturated heterocycles. The number of carboxylic acids is 2. The maximum absolute atomic E-state index is 11.7. The van der Waals surface area contributed by atoms with E-state index in [1.54, 1.807) is 19.1 Å². The molecule has 0 aromatic heterocycles. The number of hydrogen-bond acceptors (Lipinski definition) is 4. The number of carbonyl (C=O) groups is 3. The SMILES string of the molecule is CC[C@H](NC(=O)CCCCCCCCCOc1ccc(C(=O)O)cc1)C(=O)O. The van der Waals surface area contributed by atoms with Crippen LogP contribution in [-0.2, 0) is 9.59 Å². The Hall–Kier alpha value is -2.57. The molecule has 1 aromatic rings. The van der Waals surface area contributed by atoms with Gasteiger partial charge in [0.15, 0.2) is 0 Å². The zero-order chi connectivity index (χ0) is 20.8. The number of hydrogen-bond donors (Lipinski definition) is 3. The van der Waals surface area contributed by atoms with Crippen LogP contribution in [0.3, 0.4) is 0 Å². The average Bonchev–Trinajstić information content (AvgIpc) is 2.67. The van der Waals surface area contributed by atoms with Crippen LogP contribution in [0, 0.1) is 0 Å². The highest BCUT2D eigenvalue weighted by atomic mass is 16.5. The van der Waals surface area contributed by atoms with E-state index in [9.17, 15) is 14.4 Å². The third-order valence-corrected chi connectivity index (χ3v) is 4.46. The van der Waals surface area contributed by atoms with E-state index in [0.29, 0.717) is 25.2 Å². The molecule has 28 heavy (non-hydrogen) atoms. The minimum Gasteiger partial charge on any atom is -0.494 e. The molecule has 0 heterocycles. The van der Waals surface area contributed by atoms with E-state index in [-0.39, 0.29) is 11.5 Å². The summed E-state index contributed by atoms with van der Waals surface area (Å²) in [5.74, 6) is -1.45.